The quantitative estimate of drug-likeness (QED) is 0.573. The molecule has 0 bridgehead atoms. The number of carbonyl (C=O) groups is 1. The lowest BCUT2D eigenvalue weighted by molar-refractivity contribution is -0.388. The molecule has 0 atom stereocenters. The van der Waals surface area contributed by atoms with Crippen LogP contribution in [0, 0.1) is 10.1 Å². The van der Waals surface area contributed by atoms with Gasteiger partial charge in [-0.15, -0.1) is 0 Å². The average molecular weight is 395 g/mol. The summed E-state index contributed by atoms with van der Waals surface area (Å²) in [6.07, 6.45) is -5.07. The lowest BCUT2D eigenvalue weighted by Crippen LogP contribution is -2.15. The van der Waals surface area contributed by atoms with Gasteiger partial charge in [0.15, 0.2) is 0 Å². The van der Waals surface area contributed by atoms with Crippen LogP contribution in [0.4, 0.5) is 24.5 Å². The number of nitro benzene ring substituents is 1. The number of carbonyl (C=O) groups excluding carboxylic acids is 1. The van der Waals surface area contributed by atoms with E-state index in [1.54, 1.807) is 0 Å². The Morgan fingerprint density at radius 3 is 2.32 bits per heavy atom. The highest BCUT2D eigenvalue weighted by Gasteiger charge is 2.40. The highest BCUT2D eigenvalue weighted by atomic mass is 35.5. The van der Waals surface area contributed by atoms with Crippen LogP contribution < -0.4 is 5.32 Å². The van der Waals surface area contributed by atoms with Gasteiger partial charge in [-0.3, -0.25) is 14.9 Å². The predicted octanol–water partition coefficient (Wildman–Crippen LogP) is 4.88. The Bertz CT molecular complexity index is 872. The summed E-state index contributed by atoms with van der Waals surface area (Å²) in [5.41, 5.74) is -3.60. The fourth-order valence-electron chi connectivity index (χ4n) is 1.91. The Labute approximate surface area is 147 Å². The molecular formula is C14H7Cl2F3N2O4. The van der Waals surface area contributed by atoms with Crippen LogP contribution in [0.3, 0.4) is 0 Å². The molecule has 25 heavy (non-hydrogen) atoms. The van der Waals surface area contributed by atoms with E-state index in [0.29, 0.717) is 6.07 Å². The van der Waals surface area contributed by atoms with Crippen molar-refractivity contribution in [2.75, 3.05) is 5.32 Å². The normalized spacial score (nSPS) is 11.2. The molecule has 2 N–H and O–H groups in total. The predicted molar refractivity (Wildman–Crippen MR) is 84.2 cm³/mol. The van der Waals surface area contributed by atoms with Gasteiger partial charge in [0.05, 0.1) is 20.5 Å². The zero-order valence-corrected chi connectivity index (χ0v) is 13.4. The van der Waals surface area contributed by atoms with Gasteiger partial charge in [-0.25, -0.2) is 0 Å². The Balaban J connectivity index is 2.44. The van der Waals surface area contributed by atoms with Crippen LogP contribution >= 0.6 is 23.2 Å². The molecule has 0 unspecified atom stereocenters. The van der Waals surface area contributed by atoms with Gasteiger partial charge < -0.3 is 10.4 Å². The monoisotopic (exact) mass is 394 g/mol. The third kappa shape index (κ3) is 4.12. The van der Waals surface area contributed by atoms with Gasteiger partial charge in [0.2, 0.25) is 0 Å². The summed E-state index contributed by atoms with van der Waals surface area (Å²) in [6.45, 7) is 0. The van der Waals surface area contributed by atoms with E-state index < -0.39 is 39.6 Å². The van der Waals surface area contributed by atoms with Gasteiger partial charge >= 0.3 is 6.18 Å². The molecule has 0 spiro atoms. The van der Waals surface area contributed by atoms with Crippen molar-refractivity contribution in [2.24, 2.45) is 0 Å². The van der Waals surface area contributed by atoms with E-state index in [1.165, 1.54) is 18.2 Å². The number of phenols is 1. The molecule has 6 nitrogen and oxygen atoms in total. The van der Waals surface area contributed by atoms with Crippen molar-refractivity contribution in [1.29, 1.82) is 0 Å². The number of aromatic hydroxyl groups is 1. The first-order valence-corrected chi connectivity index (χ1v) is 7.11. The summed E-state index contributed by atoms with van der Waals surface area (Å²) < 4.78 is 38.4. The highest BCUT2D eigenvalue weighted by molar-refractivity contribution is 6.42. The molecule has 11 heteroatoms. The molecule has 0 radical (unpaired) electrons. The van der Waals surface area contributed by atoms with E-state index in [-0.39, 0.29) is 21.8 Å². The second-order valence-electron chi connectivity index (χ2n) is 4.72. The van der Waals surface area contributed by atoms with Gasteiger partial charge in [0.25, 0.3) is 11.6 Å². The molecule has 0 saturated carbocycles. The molecular weight excluding hydrogens is 388 g/mol. The minimum Gasteiger partial charge on any atom is -0.507 e. The fourth-order valence-corrected chi connectivity index (χ4v) is 2.21. The number of nitrogens with zero attached hydrogens (tertiary/aromatic N) is 1. The number of nitro groups is 1. The van der Waals surface area contributed by atoms with E-state index in [0.717, 1.165) is 0 Å². The van der Waals surface area contributed by atoms with Gasteiger partial charge in [0, 0.05) is 11.8 Å². The molecule has 0 aliphatic rings. The van der Waals surface area contributed by atoms with Gasteiger partial charge in [-0.2, -0.15) is 13.2 Å². The third-order valence-corrected chi connectivity index (χ3v) is 3.78. The molecule has 0 saturated heterocycles. The van der Waals surface area contributed by atoms with E-state index >= 15 is 0 Å². The SMILES string of the molecule is O=C(Nc1ccc(Cl)c(Cl)c1)c1cc([N+](=O)[O-])c(C(F)(F)F)cc1O. The maximum absolute atomic E-state index is 12.8. The number of alkyl halides is 3. The third-order valence-electron chi connectivity index (χ3n) is 3.04. The van der Waals surface area contributed by atoms with Crippen LogP contribution in [0.2, 0.25) is 10.0 Å². The maximum atomic E-state index is 12.8. The Morgan fingerprint density at radius 1 is 1.16 bits per heavy atom. The number of rotatable bonds is 3. The summed E-state index contributed by atoms with van der Waals surface area (Å²) >= 11 is 11.5. The molecule has 0 aromatic heterocycles. The molecule has 2 rings (SSSR count). The molecule has 0 aliphatic carbocycles. The number of amides is 1. The first-order chi connectivity index (χ1) is 11.5. The summed E-state index contributed by atoms with van der Waals surface area (Å²) in [5.74, 6) is -2.12. The first-order valence-electron chi connectivity index (χ1n) is 6.35. The summed E-state index contributed by atoms with van der Waals surface area (Å²) in [4.78, 5) is 21.7. The van der Waals surface area contributed by atoms with Crippen LogP contribution in [0.15, 0.2) is 30.3 Å². The summed E-state index contributed by atoms with van der Waals surface area (Å²) in [5, 5.41) is 23.1. The van der Waals surface area contributed by atoms with Crippen LogP contribution in [0.25, 0.3) is 0 Å². The molecule has 2 aromatic rings. The van der Waals surface area contributed by atoms with Crippen molar-refractivity contribution < 1.29 is 28.0 Å². The first kappa shape index (κ1) is 18.8. The Morgan fingerprint density at radius 2 is 1.80 bits per heavy atom. The standard InChI is InChI=1S/C14H7Cl2F3N2O4/c15-9-2-1-6(3-10(9)16)20-13(23)7-4-11(21(24)25)8(5-12(7)22)14(17,18)19/h1-5,22H,(H,20,23). The van der Waals surface area contributed by atoms with Crippen LogP contribution in [-0.2, 0) is 6.18 Å². The largest absolute Gasteiger partial charge is 0.507 e. The molecule has 132 valence electrons. The molecule has 1 amide bonds. The van der Waals surface area contributed by atoms with Crippen molar-refractivity contribution in [3.63, 3.8) is 0 Å². The minimum absolute atomic E-state index is 0.0992. The zero-order chi connectivity index (χ0) is 18.9. The van der Waals surface area contributed by atoms with E-state index in [4.69, 9.17) is 23.2 Å². The van der Waals surface area contributed by atoms with Gasteiger partial charge in [-0.05, 0) is 24.3 Å². The number of hydrogen-bond acceptors (Lipinski definition) is 4. The van der Waals surface area contributed by atoms with Crippen molar-refractivity contribution in [3.05, 3.63) is 61.6 Å². The zero-order valence-electron chi connectivity index (χ0n) is 11.9. The molecule has 0 fully saturated rings. The second kappa shape index (κ2) is 6.77. The summed E-state index contributed by atoms with van der Waals surface area (Å²) in [7, 11) is 0. The van der Waals surface area contributed by atoms with E-state index in [9.17, 15) is 33.2 Å². The number of benzene rings is 2. The smallest absolute Gasteiger partial charge is 0.423 e. The number of halogens is 5. The van der Waals surface area contributed by atoms with E-state index in [1.807, 2.05) is 0 Å². The van der Waals surface area contributed by atoms with Gasteiger partial charge in [0.1, 0.15) is 11.3 Å². The molecule has 0 aliphatic heterocycles. The van der Waals surface area contributed by atoms with Crippen molar-refractivity contribution >= 4 is 40.5 Å². The average Bonchev–Trinajstić information content (AvgIpc) is 2.49. The molecule has 0 heterocycles. The number of nitrogens with one attached hydrogen (secondary N) is 1. The maximum Gasteiger partial charge on any atom is 0.423 e. The lowest BCUT2D eigenvalue weighted by Gasteiger charge is -2.11. The van der Waals surface area contributed by atoms with Crippen molar-refractivity contribution in [2.45, 2.75) is 6.18 Å². The van der Waals surface area contributed by atoms with Crippen LogP contribution in [-0.4, -0.2) is 15.9 Å². The number of phenolic OH excluding ortho intramolecular Hbond substituents is 1. The van der Waals surface area contributed by atoms with E-state index in [2.05, 4.69) is 5.32 Å². The van der Waals surface area contributed by atoms with Crippen LogP contribution in [0.5, 0.6) is 5.75 Å². The van der Waals surface area contributed by atoms with Gasteiger partial charge in [-0.1, -0.05) is 23.2 Å². The number of anilines is 1. The van der Waals surface area contributed by atoms with Crippen molar-refractivity contribution in [3.8, 4) is 5.75 Å². The topological polar surface area (TPSA) is 92.5 Å². The highest BCUT2D eigenvalue weighted by Crippen LogP contribution is 2.39. The minimum atomic E-state index is -5.07. The van der Waals surface area contributed by atoms with Crippen LogP contribution in [0.1, 0.15) is 15.9 Å². The second-order valence-corrected chi connectivity index (χ2v) is 5.54. The summed E-state index contributed by atoms with van der Waals surface area (Å²) in [6, 6.07) is 4.44. The fraction of sp³-hybridized carbons (Fsp3) is 0.0714. The number of hydrogen-bond donors (Lipinski definition) is 2. The Hall–Kier alpha value is -2.52. The van der Waals surface area contributed by atoms with Crippen molar-refractivity contribution in [1.82, 2.24) is 0 Å². The Kier molecular flexibility index (Phi) is 5.09. The lowest BCUT2D eigenvalue weighted by atomic mass is 10.1. The molecule has 2 aromatic carbocycles.